The van der Waals surface area contributed by atoms with E-state index < -0.39 is 11.9 Å². The quantitative estimate of drug-likeness (QED) is 0.698. The Balaban J connectivity index is 0.00000144. The Morgan fingerprint density at radius 1 is 0.765 bits per heavy atom. The molecule has 0 spiro atoms. The van der Waals surface area contributed by atoms with Gasteiger partial charge in [-0.1, -0.05) is 24.3 Å². The van der Waals surface area contributed by atoms with Crippen LogP contribution >= 0.6 is 0 Å². The largest absolute Gasteiger partial charge is 2.00 e. The first-order valence-electron chi connectivity index (χ1n) is 4.54. The van der Waals surface area contributed by atoms with E-state index in [4.69, 9.17) is 0 Å². The van der Waals surface area contributed by atoms with Crippen molar-refractivity contribution in [2.75, 3.05) is 0 Å². The summed E-state index contributed by atoms with van der Waals surface area (Å²) in [6, 6.07) is 8.76. The number of benzene rings is 2. The van der Waals surface area contributed by atoms with Gasteiger partial charge in [0.05, 0.1) is 11.9 Å². The molecule has 17 heavy (non-hydrogen) atoms. The van der Waals surface area contributed by atoms with Crippen molar-refractivity contribution >= 4 is 22.7 Å². The Labute approximate surface area is 110 Å². The topological polar surface area (TPSA) is 80.3 Å². The Bertz CT molecular complexity index is 543. The molecule has 2 aromatic rings. The van der Waals surface area contributed by atoms with Crippen LogP contribution in [-0.4, -0.2) is 11.9 Å². The van der Waals surface area contributed by atoms with Crippen molar-refractivity contribution in [2.24, 2.45) is 0 Å². The fourth-order valence-corrected chi connectivity index (χ4v) is 1.50. The third kappa shape index (κ3) is 2.69. The normalized spacial score (nSPS) is 9.65. The van der Waals surface area contributed by atoms with Gasteiger partial charge in [0.2, 0.25) is 0 Å². The molecule has 0 bridgehead atoms. The first-order valence-corrected chi connectivity index (χ1v) is 4.54. The molecule has 0 fully saturated rings. The van der Waals surface area contributed by atoms with E-state index in [9.17, 15) is 19.8 Å². The van der Waals surface area contributed by atoms with Crippen molar-refractivity contribution in [3.8, 4) is 0 Å². The second kappa shape index (κ2) is 5.06. The molecule has 0 aliphatic carbocycles. The summed E-state index contributed by atoms with van der Waals surface area (Å²) in [6.07, 6.45) is 0. The molecule has 0 saturated carbocycles. The van der Waals surface area contributed by atoms with Gasteiger partial charge in [-0.25, -0.2) is 0 Å². The minimum Gasteiger partial charge on any atom is -0.545 e. The van der Waals surface area contributed by atoms with Crippen molar-refractivity contribution in [3.05, 3.63) is 47.5 Å². The SMILES string of the molecule is O=C([O-])c1ccc2ccc(C(=O)[O-])cc2c1.[Zn+2]. The molecule has 0 unspecified atom stereocenters. The summed E-state index contributed by atoms with van der Waals surface area (Å²) in [7, 11) is 0. The van der Waals surface area contributed by atoms with Gasteiger partial charge in [0, 0.05) is 0 Å². The van der Waals surface area contributed by atoms with Crippen LogP contribution in [0.15, 0.2) is 36.4 Å². The molecule has 2 aromatic carbocycles. The van der Waals surface area contributed by atoms with Gasteiger partial charge in [-0.15, -0.1) is 0 Å². The number of aromatic carboxylic acids is 2. The van der Waals surface area contributed by atoms with Crippen LogP contribution in [0.4, 0.5) is 0 Å². The molecule has 0 aliphatic rings. The molecule has 0 N–H and O–H groups in total. The average Bonchev–Trinajstić information content (AvgIpc) is 2.27. The number of carboxylic acid groups (broad SMARTS) is 2. The van der Waals surface area contributed by atoms with E-state index in [0.717, 1.165) is 5.39 Å². The zero-order chi connectivity index (χ0) is 11.7. The first kappa shape index (κ1) is 13.3. The second-order valence-electron chi connectivity index (χ2n) is 3.35. The molecule has 5 heteroatoms. The second-order valence-corrected chi connectivity index (χ2v) is 3.35. The standard InChI is InChI=1S/C12H8O4.Zn/c13-11(14)8-3-1-7-2-4-9(12(15)16)6-10(7)5-8;/h1-6H,(H,13,14)(H,15,16);/q;+2/p-2. The average molecular weight is 280 g/mol. The molecule has 2 rings (SSSR count). The van der Waals surface area contributed by atoms with Gasteiger partial charge < -0.3 is 19.8 Å². The van der Waals surface area contributed by atoms with Crippen molar-refractivity contribution in [2.45, 2.75) is 0 Å². The van der Waals surface area contributed by atoms with E-state index in [1.807, 2.05) is 0 Å². The van der Waals surface area contributed by atoms with Gasteiger partial charge in [-0.2, -0.15) is 0 Å². The maximum Gasteiger partial charge on any atom is 2.00 e. The number of hydrogen-bond acceptors (Lipinski definition) is 4. The number of fused-ring (bicyclic) bond motifs is 1. The minimum atomic E-state index is -1.29. The van der Waals surface area contributed by atoms with Gasteiger partial charge in [0.1, 0.15) is 0 Å². The zero-order valence-corrected chi connectivity index (χ0v) is 11.8. The van der Waals surface area contributed by atoms with Crippen molar-refractivity contribution < 1.29 is 39.3 Å². The summed E-state index contributed by atoms with van der Waals surface area (Å²) in [6.45, 7) is 0. The fraction of sp³-hybridized carbons (Fsp3) is 0. The van der Waals surface area contributed by atoms with E-state index >= 15 is 0 Å². The van der Waals surface area contributed by atoms with Gasteiger partial charge in [0.25, 0.3) is 0 Å². The molecular weight excluding hydrogens is 274 g/mol. The van der Waals surface area contributed by atoms with Crippen LogP contribution in [0.3, 0.4) is 0 Å². The molecule has 4 nitrogen and oxygen atoms in total. The van der Waals surface area contributed by atoms with E-state index in [1.54, 1.807) is 12.1 Å². The predicted molar refractivity (Wildman–Crippen MR) is 52.6 cm³/mol. The summed E-state index contributed by atoms with van der Waals surface area (Å²) >= 11 is 0. The van der Waals surface area contributed by atoms with E-state index in [0.29, 0.717) is 5.39 Å². The van der Waals surface area contributed by atoms with Crippen LogP contribution in [-0.2, 0) is 19.5 Å². The molecule has 0 saturated heterocycles. The number of rotatable bonds is 2. The van der Waals surface area contributed by atoms with Crippen LogP contribution in [0.1, 0.15) is 20.7 Å². The van der Waals surface area contributed by atoms with Crippen LogP contribution in [0, 0.1) is 0 Å². The fourth-order valence-electron chi connectivity index (χ4n) is 1.50. The number of carbonyl (C=O) groups is 2. The zero-order valence-electron chi connectivity index (χ0n) is 8.80. The summed E-state index contributed by atoms with van der Waals surface area (Å²) in [4.78, 5) is 21.2. The third-order valence-corrected chi connectivity index (χ3v) is 2.31. The van der Waals surface area contributed by atoms with Crippen molar-refractivity contribution in [3.63, 3.8) is 0 Å². The van der Waals surface area contributed by atoms with Crippen molar-refractivity contribution in [1.82, 2.24) is 0 Å². The summed E-state index contributed by atoms with van der Waals surface area (Å²) in [5.41, 5.74) is 0.0333. The van der Waals surface area contributed by atoms with E-state index in [-0.39, 0.29) is 30.6 Å². The molecule has 80 valence electrons. The number of carbonyl (C=O) groups excluding carboxylic acids is 2. The maximum atomic E-state index is 10.6. The minimum absolute atomic E-state index is 0. The third-order valence-electron chi connectivity index (χ3n) is 2.31. The molecule has 0 aromatic heterocycles. The maximum absolute atomic E-state index is 10.6. The molecule has 0 heterocycles. The molecular formula is C12H6O4Zn. The summed E-state index contributed by atoms with van der Waals surface area (Å²) in [5, 5.41) is 22.5. The van der Waals surface area contributed by atoms with Gasteiger partial charge in [-0.05, 0) is 34.0 Å². The number of carboxylic acids is 2. The summed E-state index contributed by atoms with van der Waals surface area (Å²) < 4.78 is 0. The van der Waals surface area contributed by atoms with Crippen LogP contribution in [0.2, 0.25) is 0 Å². The Morgan fingerprint density at radius 3 is 1.53 bits per heavy atom. The van der Waals surface area contributed by atoms with Crippen LogP contribution in [0.25, 0.3) is 10.8 Å². The smallest absolute Gasteiger partial charge is 0.545 e. The molecule has 0 aliphatic heterocycles. The van der Waals surface area contributed by atoms with Crippen molar-refractivity contribution in [1.29, 1.82) is 0 Å². The Morgan fingerprint density at radius 2 is 1.18 bits per heavy atom. The number of hydrogen-bond donors (Lipinski definition) is 0. The van der Waals surface area contributed by atoms with E-state index in [1.165, 1.54) is 24.3 Å². The van der Waals surface area contributed by atoms with E-state index in [2.05, 4.69) is 0 Å². The van der Waals surface area contributed by atoms with Crippen LogP contribution < -0.4 is 10.2 Å². The first-order chi connectivity index (χ1) is 7.58. The van der Waals surface area contributed by atoms with Gasteiger partial charge >= 0.3 is 19.5 Å². The predicted octanol–water partition coefficient (Wildman–Crippen LogP) is -0.436. The summed E-state index contributed by atoms with van der Waals surface area (Å²) in [5.74, 6) is -2.58. The molecule has 0 amide bonds. The molecule has 0 atom stereocenters. The molecule has 0 radical (unpaired) electrons. The monoisotopic (exact) mass is 278 g/mol. The van der Waals surface area contributed by atoms with Gasteiger partial charge in [0.15, 0.2) is 0 Å². The Kier molecular flexibility index (Phi) is 3.97. The Hall–Kier alpha value is -1.74. The van der Waals surface area contributed by atoms with Crippen LogP contribution in [0.5, 0.6) is 0 Å². The van der Waals surface area contributed by atoms with Gasteiger partial charge in [-0.3, -0.25) is 0 Å².